The van der Waals surface area contributed by atoms with Gasteiger partial charge in [0.05, 0.1) is 6.20 Å². The lowest BCUT2D eigenvalue weighted by Crippen LogP contribution is -2.40. The molecule has 3 aromatic rings. The van der Waals surface area contributed by atoms with Crippen molar-refractivity contribution >= 4 is 11.6 Å². The first-order valence-corrected chi connectivity index (χ1v) is 8.29. The molecule has 0 bridgehead atoms. The predicted octanol–water partition coefficient (Wildman–Crippen LogP) is 2.22. The van der Waals surface area contributed by atoms with Crippen molar-refractivity contribution in [3.05, 3.63) is 60.3 Å². The Kier molecular flexibility index (Phi) is 3.94. The predicted molar refractivity (Wildman–Crippen MR) is 89.6 cm³/mol. The molecule has 1 aliphatic heterocycles. The van der Waals surface area contributed by atoms with E-state index >= 15 is 0 Å². The Bertz CT molecular complexity index is 845. The number of rotatable bonds is 3. The zero-order valence-electron chi connectivity index (χ0n) is 13.4. The van der Waals surface area contributed by atoms with Crippen LogP contribution in [0.3, 0.4) is 0 Å². The van der Waals surface area contributed by atoms with Gasteiger partial charge in [-0.1, -0.05) is 6.07 Å². The van der Waals surface area contributed by atoms with E-state index in [4.69, 9.17) is 0 Å². The second-order valence-corrected chi connectivity index (χ2v) is 6.23. The Morgan fingerprint density at radius 2 is 2.12 bits per heavy atom. The fourth-order valence-electron chi connectivity index (χ4n) is 3.38. The molecule has 1 amide bonds. The zero-order chi connectivity index (χ0) is 16.4. The minimum absolute atomic E-state index is 0.0226. The normalized spacial score (nSPS) is 18.0. The summed E-state index contributed by atoms with van der Waals surface area (Å²) in [7, 11) is 0. The molecule has 0 N–H and O–H groups in total. The van der Waals surface area contributed by atoms with Gasteiger partial charge in [-0.3, -0.25) is 9.78 Å². The van der Waals surface area contributed by atoms with Gasteiger partial charge in [0.2, 0.25) is 0 Å². The van der Waals surface area contributed by atoms with Crippen LogP contribution in [0.25, 0.3) is 5.65 Å². The Morgan fingerprint density at radius 3 is 3.00 bits per heavy atom. The van der Waals surface area contributed by atoms with Gasteiger partial charge in [0.1, 0.15) is 5.56 Å². The van der Waals surface area contributed by atoms with Crippen molar-refractivity contribution in [2.24, 2.45) is 5.92 Å². The van der Waals surface area contributed by atoms with E-state index in [2.05, 4.69) is 21.1 Å². The van der Waals surface area contributed by atoms with Crippen LogP contribution in [0.15, 0.2) is 49.1 Å². The molecule has 6 nitrogen and oxygen atoms in total. The fraction of sp³-hybridized carbons (Fsp3) is 0.333. The van der Waals surface area contributed by atoms with Crippen molar-refractivity contribution < 1.29 is 4.79 Å². The lowest BCUT2D eigenvalue weighted by molar-refractivity contribution is 0.0674. The smallest absolute Gasteiger partial charge is 0.259 e. The third kappa shape index (κ3) is 2.87. The molecule has 24 heavy (non-hydrogen) atoms. The number of nitrogens with zero attached hydrogens (tertiary/aromatic N) is 5. The maximum absolute atomic E-state index is 12.9. The summed E-state index contributed by atoms with van der Waals surface area (Å²) in [5.41, 5.74) is 2.29. The van der Waals surface area contributed by atoms with E-state index in [1.807, 2.05) is 23.2 Å². The molecule has 6 heteroatoms. The maximum Gasteiger partial charge on any atom is 0.259 e. The highest BCUT2D eigenvalue weighted by atomic mass is 16.2. The van der Waals surface area contributed by atoms with Gasteiger partial charge in [-0.05, 0) is 43.4 Å². The summed E-state index contributed by atoms with van der Waals surface area (Å²) in [4.78, 5) is 23.5. The summed E-state index contributed by atoms with van der Waals surface area (Å²) in [6, 6.07) is 7.80. The number of aromatic nitrogens is 4. The summed E-state index contributed by atoms with van der Waals surface area (Å²) in [5.74, 6) is 0.474. The number of likely N-dealkylation sites (tertiary alicyclic amines) is 1. The number of amides is 1. The molecule has 0 radical (unpaired) electrons. The topological polar surface area (TPSA) is 63.4 Å². The minimum atomic E-state index is 0.0226. The molecular formula is C18H19N5O. The summed E-state index contributed by atoms with van der Waals surface area (Å²) in [6.07, 6.45) is 10.0. The van der Waals surface area contributed by atoms with E-state index in [1.54, 1.807) is 29.2 Å². The summed E-state index contributed by atoms with van der Waals surface area (Å²) < 4.78 is 1.64. The maximum atomic E-state index is 12.9. The third-order valence-electron chi connectivity index (χ3n) is 4.54. The number of pyridine rings is 1. The summed E-state index contributed by atoms with van der Waals surface area (Å²) in [5, 5.41) is 4.22. The van der Waals surface area contributed by atoms with Gasteiger partial charge < -0.3 is 4.90 Å². The average Bonchev–Trinajstić information content (AvgIpc) is 3.06. The summed E-state index contributed by atoms with van der Waals surface area (Å²) in [6.45, 7) is 1.56. The van der Waals surface area contributed by atoms with Crippen molar-refractivity contribution in [1.82, 2.24) is 24.5 Å². The highest BCUT2D eigenvalue weighted by Gasteiger charge is 2.27. The van der Waals surface area contributed by atoms with Crippen LogP contribution in [0.4, 0.5) is 0 Å². The van der Waals surface area contributed by atoms with E-state index in [-0.39, 0.29) is 5.91 Å². The number of hydrogen-bond donors (Lipinski definition) is 0. The molecule has 1 aliphatic rings. The molecule has 122 valence electrons. The van der Waals surface area contributed by atoms with Crippen molar-refractivity contribution in [1.29, 1.82) is 0 Å². The Morgan fingerprint density at radius 1 is 1.21 bits per heavy atom. The quantitative estimate of drug-likeness (QED) is 0.742. The largest absolute Gasteiger partial charge is 0.338 e. The van der Waals surface area contributed by atoms with E-state index < -0.39 is 0 Å². The van der Waals surface area contributed by atoms with Crippen LogP contribution in [-0.4, -0.2) is 43.5 Å². The van der Waals surface area contributed by atoms with Crippen LogP contribution in [0, 0.1) is 5.92 Å². The van der Waals surface area contributed by atoms with Crippen molar-refractivity contribution in [3.8, 4) is 0 Å². The molecule has 3 aromatic heterocycles. The molecule has 1 atom stereocenters. The first-order chi connectivity index (χ1) is 11.8. The van der Waals surface area contributed by atoms with Crippen LogP contribution in [0.1, 0.15) is 28.9 Å². The minimum Gasteiger partial charge on any atom is -0.338 e. The van der Waals surface area contributed by atoms with Crippen LogP contribution in [0.5, 0.6) is 0 Å². The van der Waals surface area contributed by atoms with E-state index in [0.717, 1.165) is 38.0 Å². The molecule has 0 aromatic carbocycles. The standard InChI is InChI=1S/C18H19N5O/c24-18(16-12-21-23-10-4-8-20-17(16)23)22-9-3-5-14(13-22)11-15-6-1-2-7-19-15/h1-2,4,6-8,10,12,14H,3,5,9,11,13H2/t14-/m1/s1. The number of hydrogen-bond acceptors (Lipinski definition) is 4. The zero-order valence-corrected chi connectivity index (χ0v) is 13.4. The Balaban J connectivity index is 1.50. The van der Waals surface area contributed by atoms with Crippen LogP contribution >= 0.6 is 0 Å². The molecule has 4 rings (SSSR count). The molecule has 0 saturated carbocycles. The SMILES string of the molecule is O=C(c1cnn2cccnc12)N1CCC[C@H](Cc2ccccn2)C1. The molecule has 1 fully saturated rings. The van der Waals surface area contributed by atoms with E-state index in [1.165, 1.54) is 0 Å². The number of carbonyl (C=O) groups excluding carboxylic acids is 1. The van der Waals surface area contributed by atoms with E-state index in [9.17, 15) is 4.79 Å². The first-order valence-electron chi connectivity index (χ1n) is 8.29. The fourth-order valence-corrected chi connectivity index (χ4v) is 3.38. The van der Waals surface area contributed by atoms with Gasteiger partial charge in [0.25, 0.3) is 5.91 Å². The molecular weight excluding hydrogens is 302 g/mol. The highest BCUT2D eigenvalue weighted by Crippen LogP contribution is 2.22. The average molecular weight is 321 g/mol. The third-order valence-corrected chi connectivity index (χ3v) is 4.54. The van der Waals surface area contributed by atoms with Crippen LogP contribution in [0.2, 0.25) is 0 Å². The Hall–Kier alpha value is -2.76. The van der Waals surface area contributed by atoms with Gasteiger partial charge in [0.15, 0.2) is 5.65 Å². The van der Waals surface area contributed by atoms with Gasteiger partial charge in [-0.2, -0.15) is 5.10 Å². The van der Waals surface area contributed by atoms with Gasteiger partial charge in [-0.25, -0.2) is 9.50 Å². The number of fused-ring (bicyclic) bond motifs is 1. The van der Waals surface area contributed by atoms with Crippen molar-refractivity contribution in [2.45, 2.75) is 19.3 Å². The van der Waals surface area contributed by atoms with Crippen LogP contribution < -0.4 is 0 Å². The molecule has 1 saturated heterocycles. The lowest BCUT2D eigenvalue weighted by Gasteiger charge is -2.32. The van der Waals surface area contributed by atoms with Crippen molar-refractivity contribution in [2.75, 3.05) is 13.1 Å². The molecule has 4 heterocycles. The number of piperidine rings is 1. The van der Waals surface area contributed by atoms with E-state index in [0.29, 0.717) is 17.1 Å². The monoisotopic (exact) mass is 321 g/mol. The molecule has 0 aliphatic carbocycles. The summed E-state index contributed by atoms with van der Waals surface area (Å²) >= 11 is 0. The highest BCUT2D eigenvalue weighted by molar-refractivity contribution is 5.99. The second kappa shape index (κ2) is 6.39. The Labute approximate surface area is 140 Å². The van der Waals surface area contributed by atoms with Gasteiger partial charge >= 0.3 is 0 Å². The van der Waals surface area contributed by atoms with Gasteiger partial charge in [-0.15, -0.1) is 0 Å². The van der Waals surface area contributed by atoms with Crippen LogP contribution in [-0.2, 0) is 6.42 Å². The van der Waals surface area contributed by atoms with Gasteiger partial charge in [0, 0.05) is 37.4 Å². The lowest BCUT2D eigenvalue weighted by atomic mass is 9.93. The first kappa shape index (κ1) is 14.8. The van der Waals surface area contributed by atoms with Crippen molar-refractivity contribution in [3.63, 3.8) is 0 Å². The molecule has 0 spiro atoms. The second-order valence-electron chi connectivity index (χ2n) is 6.23. The number of carbonyl (C=O) groups is 1. The molecule has 0 unspecified atom stereocenters.